The Morgan fingerprint density at radius 2 is 2.00 bits per heavy atom. The fourth-order valence-corrected chi connectivity index (χ4v) is 2.30. The first-order valence-electron chi connectivity index (χ1n) is 6.89. The van der Waals surface area contributed by atoms with E-state index in [-0.39, 0.29) is 18.3 Å². The lowest BCUT2D eigenvalue weighted by molar-refractivity contribution is 0.0690. The summed E-state index contributed by atoms with van der Waals surface area (Å²) in [5, 5.41) is 30.3. The van der Waals surface area contributed by atoms with Gasteiger partial charge in [-0.3, -0.25) is 0 Å². The standard InChI is InChI=1S/C15H19N3O3/c1-9(2)7-10(8-19)16-13-11-5-3-4-6-12(11)17-18-14(13)15(20)21/h3-6,9-10,19H,7-8H2,1-2H3,(H,16,17)(H,20,21). The molecule has 0 bridgehead atoms. The molecule has 0 aliphatic carbocycles. The van der Waals surface area contributed by atoms with Gasteiger partial charge in [0.1, 0.15) is 0 Å². The molecule has 21 heavy (non-hydrogen) atoms. The van der Waals surface area contributed by atoms with E-state index < -0.39 is 5.97 Å². The maximum atomic E-state index is 11.4. The van der Waals surface area contributed by atoms with Gasteiger partial charge < -0.3 is 15.5 Å². The van der Waals surface area contributed by atoms with Crippen LogP contribution in [0.1, 0.15) is 30.8 Å². The third-order valence-electron chi connectivity index (χ3n) is 3.20. The molecule has 0 radical (unpaired) electrons. The lowest BCUT2D eigenvalue weighted by Gasteiger charge is -2.21. The summed E-state index contributed by atoms with van der Waals surface area (Å²) in [6, 6.07) is 6.98. The second kappa shape index (κ2) is 6.49. The number of hydrogen-bond donors (Lipinski definition) is 3. The van der Waals surface area contributed by atoms with E-state index in [9.17, 15) is 15.0 Å². The van der Waals surface area contributed by atoms with Gasteiger partial charge in [0.15, 0.2) is 5.69 Å². The van der Waals surface area contributed by atoms with Crippen molar-refractivity contribution in [3.05, 3.63) is 30.0 Å². The van der Waals surface area contributed by atoms with Gasteiger partial charge in [-0.05, 0) is 18.4 Å². The van der Waals surface area contributed by atoms with Crippen LogP contribution in [-0.2, 0) is 0 Å². The van der Waals surface area contributed by atoms with Gasteiger partial charge in [0, 0.05) is 11.4 Å². The minimum absolute atomic E-state index is 0.0755. The van der Waals surface area contributed by atoms with Crippen LogP contribution in [0.15, 0.2) is 24.3 Å². The van der Waals surface area contributed by atoms with Crippen LogP contribution in [0.2, 0.25) is 0 Å². The second-order valence-electron chi connectivity index (χ2n) is 5.40. The minimum atomic E-state index is -1.14. The van der Waals surface area contributed by atoms with Crippen LogP contribution in [0, 0.1) is 5.92 Å². The van der Waals surface area contributed by atoms with Crippen LogP contribution in [0.4, 0.5) is 5.69 Å². The Morgan fingerprint density at radius 1 is 1.29 bits per heavy atom. The van der Waals surface area contributed by atoms with Crippen LogP contribution in [0.25, 0.3) is 10.9 Å². The predicted molar refractivity (Wildman–Crippen MR) is 80.4 cm³/mol. The topological polar surface area (TPSA) is 95.3 Å². The highest BCUT2D eigenvalue weighted by Crippen LogP contribution is 2.26. The molecule has 1 unspecified atom stereocenters. The first kappa shape index (κ1) is 15.2. The number of carbonyl (C=O) groups is 1. The smallest absolute Gasteiger partial charge is 0.358 e. The normalized spacial score (nSPS) is 12.6. The molecule has 6 nitrogen and oxygen atoms in total. The quantitative estimate of drug-likeness (QED) is 0.754. The number of carboxylic acid groups (broad SMARTS) is 1. The van der Waals surface area contributed by atoms with Crippen molar-refractivity contribution in [1.29, 1.82) is 0 Å². The van der Waals surface area contributed by atoms with Gasteiger partial charge in [0.2, 0.25) is 0 Å². The van der Waals surface area contributed by atoms with E-state index in [4.69, 9.17) is 0 Å². The molecule has 2 rings (SSSR count). The van der Waals surface area contributed by atoms with Crippen LogP contribution in [0.3, 0.4) is 0 Å². The molecule has 1 atom stereocenters. The number of aliphatic hydroxyl groups is 1. The van der Waals surface area contributed by atoms with Crippen LogP contribution >= 0.6 is 0 Å². The molecule has 0 saturated carbocycles. The molecule has 0 amide bonds. The first-order valence-corrected chi connectivity index (χ1v) is 6.89. The van der Waals surface area contributed by atoms with Crippen molar-refractivity contribution >= 4 is 22.6 Å². The highest BCUT2D eigenvalue weighted by Gasteiger charge is 2.19. The zero-order valence-corrected chi connectivity index (χ0v) is 12.1. The zero-order chi connectivity index (χ0) is 15.4. The van der Waals surface area contributed by atoms with Crippen molar-refractivity contribution < 1.29 is 15.0 Å². The summed E-state index contributed by atoms with van der Waals surface area (Å²) in [5.74, 6) is -0.763. The third kappa shape index (κ3) is 3.46. The number of rotatable bonds is 6. The van der Waals surface area contributed by atoms with Crippen molar-refractivity contribution in [2.24, 2.45) is 5.92 Å². The van der Waals surface area contributed by atoms with Gasteiger partial charge in [-0.15, -0.1) is 10.2 Å². The van der Waals surface area contributed by atoms with Crippen LogP contribution < -0.4 is 5.32 Å². The molecule has 6 heteroatoms. The van der Waals surface area contributed by atoms with E-state index in [0.717, 1.165) is 6.42 Å². The highest BCUT2D eigenvalue weighted by atomic mass is 16.4. The second-order valence-corrected chi connectivity index (χ2v) is 5.40. The maximum absolute atomic E-state index is 11.4. The van der Waals surface area contributed by atoms with Gasteiger partial charge in [-0.2, -0.15) is 0 Å². The Labute approximate surface area is 122 Å². The highest BCUT2D eigenvalue weighted by molar-refractivity contribution is 6.02. The van der Waals surface area contributed by atoms with E-state index >= 15 is 0 Å². The number of carboxylic acids is 1. The average molecular weight is 289 g/mol. The number of aromatic carboxylic acids is 1. The number of aromatic nitrogens is 2. The van der Waals surface area contributed by atoms with Gasteiger partial charge in [0.05, 0.1) is 17.8 Å². The van der Waals surface area contributed by atoms with Crippen molar-refractivity contribution in [2.75, 3.05) is 11.9 Å². The third-order valence-corrected chi connectivity index (χ3v) is 3.20. The van der Waals surface area contributed by atoms with Gasteiger partial charge >= 0.3 is 5.97 Å². The summed E-state index contributed by atoms with van der Waals surface area (Å²) < 4.78 is 0. The van der Waals surface area contributed by atoms with Crippen LogP contribution in [0.5, 0.6) is 0 Å². The Kier molecular flexibility index (Phi) is 4.70. The number of aliphatic hydroxyl groups excluding tert-OH is 1. The van der Waals surface area contributed by atoms with E-state index in [0.29, 0.717) is 22.5 Å². The molecule has 112 valence electrons. The van der Waals surface area contributed by atoms with E-state index in [2.05, 4.69) is 15.5 Å². The summed E-state index contributed by atoms with van der Waals surface area (Å²) in [6.07, 6.45) is 0.728. The average Bonchev–Trinajstić information content (AvgIpc) is 2.45. The predicted octanol–water partition coefficient (Wildman–Crippen LogP) is 2.15. The van der Waals surface area contributed by atoms with E-state index in [1.165, 1.54) is 0 Å². The largest absolute Gasteiger partial charge is 0.476 e. The first-order chi connectivity index (χ1) is 10.0. The lowest BCUT2D eigenvalue weighted by atomic mass is 10.0. The van der Waals surface area contributed by atoms with Gasteiger partial charge in [-0.1, -0.05) is 32.0 Å². The molecule has 0 aliphatic heterocycles. The molecule has 0 fully saturated rings. The van der Waals surface area contributed by atoms with Crippen LogP contribution in [-0.4, -0.2) is 39.0 Å². The summed E-state index contributed by atoms with van der Waals surface area (Å²) in [5.41, 5.74) is 0.898. The Bertz CT molecular complexity index is 643. The molecule has 0 aliphatic rings. The number of nitrogens with zero attached hydrogens (tertiary/aromatic N) is 2. The molecule has 3 N–H and O–H groups in total. The minimum Gasteiger partial charge on any atom is -0.476 e. The monoisotopic (exact) mass is 289 g/mol. The number of fused-ring (bicyclic) bond motifs is 1. The SMILES string of the molecule is CC(C)CC(CO)Nc1c(C(=O)O)nnc2ccccc12. The molecule has 0 spiro atoms. The molecule has 0 saturated heterocycles. The van der Waals surface area contributed by atoms with Crippen molar-refractivity contribution in [3.8, 4) is 0 Å². The summed E-state index contributed by atoms with van der Waals surface area (Å²) in [6.45, 7) is 4.02. The number of benzene rings is 1. The Hall–Kier alpha value is -2.21. The van der Waals surface area contributed by atoms with Crippen molar-refractivity contribution in [1.82, 2.24) is 10.2 Å². The Balaban J connectivity index is 2.48. The van der Waals surface area contributed by atoms with Crippen molar-refractivity contribution in [2.45, 2.75) is 26.3 Å². The van der Waals surface area contributed by atoms with Gasteiger partial charge in [-0.25, -0.2) is 4.79 Å². The molecule has 1 aromatic heterocycles. The molecule has 1 heterocycles. The summed E-state index contributed by atoms with van der Waals surface area (Å²) in [4.78, 5) is 11.4. The number of anilines is 1. The fraction of sp³-hybridized carbons (Fsp3) is 0.400. The number of nitrogens with one attached hydrogen (secondary N) is 1. The molecular formula is C15H19N3O3. The van der Waals surface area contributed by atoms with E-state index in [1.54, 1.807) is 12.1 Å². The lowest BCUT2D eigenvalue weighted by Crippen LogP contribution is -2.27. The number of hydrogen-bond acceptors (Lipinski definition) is 5. The zero-order valence-electron chi connectivity index (χ0n) is 12.1. The fourth-order valence-electron chi connectivity index (χ4n) is 2.30. The summed E-state index contributed by atoms with van der Waals surface area (Å²) in [7, 11) is 0. The van der Waals surface area contributed by atoms with Crippen molar-refractivity contribution in [3.63, 3.8) is 0 Å². The molecule has 2 aromatic rings. The molecule has 1 aromatic carbocycles. The Morgan fingerprint density at radius 3 is 2.62 bits per heavy atom. The maximum Gasteiger partial charge on any atom is 0.358 e. The summed E-state index contributed by atoms with van der Waals surface area (Å²) >= 11 is 0. The van der Waals surface area contributed by atoms with E-state index in [1.807, 2.05) is 26.0 Å². The molecular weight excluding hydrogens is 270 g/mol. The van der Waals surface area contributed by atoms with Gasteiger partial charge in [0.25, 0.3) is 0 Å².